The highest BCUT2D eigenvalue weighted by Crippen LogP contribution is 2.25. The number of anilines is 2. The monoisotopic (exact) mass is 277 g/mol. The molecule has 0 saturated heterocycles. The largest absolute Gasteiger partial charge is 0.398 e. The highest BCUT2D eigenvalue weighted by atomic mass is 16.5. The molecule has 0 radical (unpaired) electrons. The summed E-state index contributed by atoms with van der Waals surface area (Å²) in [6.45, 7) is 3.69. The van der Waals surface area contributed by atoms with Crippen LogP contribution in [-0.2, 0) is 0 Å². The second-order valence-electron chi connectivity index (χ2n) is 4.45. The molecule has 4 N–H and O–H groups in total. The van der Waals surface area contributed by atoms with Gasteiger partial charge in [-0.3, -0.25) is 10.7 Å². The van der Waals surface area contributed by atoms with Gasteiger partial charge in [-0.25, -0.2) is 0 Å². The van der Waals surface area contributed by atoms with Crippen molar-refractivity contribution in [3.8, 4) is 6.07 Å². The summed E-state index contributed by atoms with van der Waals surface area (Å²) in [5, 5.41) is 18.1. The molecule has 0 heterocycles. The van der Waals surface area contributed by atoms with Gasteiger partial charge in [0, 0.05) is 11.3 Å². The summed E-state index contributed by atoms with van der Waals surface area (Å²) in [6.07, 6.45) is 3.46. The Morgan fingerprint density at radius 3 is 2.38 bits per heavy atom. The first kappa shape index (κ1) is 14.4. The SMILES string of the molecule is C=Cc1ccc(/C(C#N)=C/c2ccc(NO)cc2)c(N)c1. The van der Waals surface area contributed by atoms with E-state index >= 15 is 0 Å². The van der Waals surface area contributed by atoms with Crippen LogP contribution >= 0.6 is 0 Å². The molecule has 0 saturated carbocycles. The highest BCUT2D eigenvalue weighted by Gasteiger charge is 2.06. The minimum absolute atomic E-state index is 0.479. The number of nitrogens with two attached hydrogens (primary N) is 1. The molecule has 0 bridgehead atoms. The Balaban J connectivity index is 2.41. The number of hydrogen-bond donors (Lipinski definition) is 3. The third-order valence-corrected chi connectivity index (χ3v) is 3.07. The normalized spacial score (nSPS) is 10.8. The minimum atomic E-state index is 0.479. The van der Waals surface area contributed by atoms with Crippen LogP contribution in [0.4, 0.5) is 11.4 Å². The van der Waals surface area contributed by atoms with Crippen LogP contribution < -0.4 is 11.2 Å². The minimum Gasteiger partial charge on any atom is -0.398 e. The van der Waals surface area contributed by atoms with Gasteiger partial charge in [-0.2, -0.15) is 5.26 Å². The molecule has 4 nitrogen and oxygen atoms in total. The fourth-order valence-electron chi connectivity index (χ4n) is 1.94. The molecule has 4 heteroatoms. The number of nitrogens with one attached hydrogen (secondary N) is 1. The molecule has 0 fully saturated rings. The van der Waals surface area contributed by atoms with E-state index < -0.39 is 0 Å². The van der Waals surface area contributed by atoms with E-state index in [0.29, 0.717) is 22.5 Å². The fourth-order valence-corrected chi connectivity index (χ4v) is 1.94. The Hall–Kier alpha value is -3.03. The van der Waals surface area contributed by atoms with Gasteiger partial charge in [0.05, 0.1) is 17.3 Å². The average Bonchev–Trinajstić information content (AvgIpc) is 2.53. The molecule has 0 aromatic heterocycles. The standard InChI is InChI=1S/C17H15N3O/c1-2-12-5-8-16(17(19)10-12)14(11-18)9-13-3-6-15(20-21)7-4-13/h2-10,20-21H,1,19H2/b14-9+. The van der Waals surface area contributed by atoms with Gasteiger partial charge < -0.3 is 5.73 Å². The van der Waals surface area contributed by atoms with Gasteiger partial charge in [0.2, 0.25) is 0 Å². The van der Waals surface area contributed by atoms with Crippen LogP contribution in [0.3, 0.4) is 0 Å². The van der Waals surface area contributed by atoms with Crippen LogP contribution in [0.25, 0.3) is 17.7 Å². The van der Waals surface area contributed by atoms with Crippen LogP contribution in [0, 0.1) is 11.3 Å². The maximum atomic E-state index is 9.35. The molecule has 2 aromatic carbocycles. The van der Waals surface area contributed by atoms with Crippen molar-refractivity contribution < 1.29 is 5.21 Å². The zero-order chi connectivity index (χ0) is 15.2. The summed E-state index contributed by atoms with van der Waals surface area (Å²) in [5.41, 5.74) is 12.1. The number of nitrogen functional groups attached to an aromatic ring is 1. The molecule has 2 rings (SSSR count). The van der Waals surface area contributed by atoms with E-state index in [2.05, 4.69) is 18.1 Å². The summed E-state index contributed by atoms with van der Waals surface area (Å²) in [6, 6.07) is 14.6. The van der Waals surface area contributed by atoms with Gasteiger partial charge in [0.15, 0.2) is 0 Å². The Kier molecular flexibility index (Phi) is 4.39. The lowest BCUT2D eigenvalue weighted by Gasteiger charge is -2.06. The number of benzene rings is 2. The molecule has 0 spiro atoms. The van der Waals surface area contributed by atoms with Crippen LogP contribution in [0.5, 0.6) is 0 Å². The van der Waals surface area contributed by atoms with Gasteiger partial charge >= 0.3 is 0 Å². The lowest BCUT2D eigenvalue weighted by atomic mass is 10.0. The zero-order valence-corrected chi connectivity index (χ0v) is 11.4. The van der Waals surface area contributed by atoms with Crippen molar-refractivity contribution in [2.75, 3.05) is 11.2 Å². The number of nitriles is 1. The summed E-state index contributed by atoms with van der Waals surface area (Å²) in [5.74, 6) is 0. The first-order valence-corrected chi connectivity index (χ1v) is 6.32. The van der Waals surface area contributed by atoms with Crippen molar-refractivity contribution in [1.29, 1.82) is 5.26 Å². The topological polar surface area (TPSA) is 82.1 Å². The second-order valence-corrected chi connectivity index (χ2v) is 4.45. The average molecular weight is 277 g/mol. The number of allylic oxidation sites excluding steroid dienone is 1. The van der Waals surface area contributed by atoms with Crippen molar-refractivity contribution in [3.05, 3.63) is 65.7 Å². The Labute approximate surface area is 123 Å². The molecule has 104 valence electrons. The van der Waals surface area contributed by atoms with Crippen molar-refractivity contribution in [1.82, 2.24) is 0 Å². The smallest absolute Gasteiger partial charge is 0.0998 e. The Morgan fingerprint density at radius 2 is 1.86 bits per heavy atom. The molecule has 0 atom stereocenters. The lowest BCUT2D eigenvalue weighted by Crippen LogP contribution is -1.94. The number of rotatable bonds is 4. The molecule has 0 aliphatic carbocycles. The molecular weight excluding hydrogens is 262 g/mol. The summed E-state index contributed by atoms with van der Waals surface area (Å²) in [4.78, 5) is 0. The van der Waals surface area contributed by atoms with Gasteiger partial charge in [-0.05, 0) is 35.4 Å². The Morgan fingerprint density at radius 1 is 1.19 bits per heavy atom. The van der Waals surface area contributed by atoms with E-state index in [1.807, 2.05) is 12.1 Å². The van der Waals surface area contributed by atoms with Crippen molar-refractivity contribution >= 4 is 29.1 Å². The van der Waals surface area contributed by atoms with Crippen molar-refractivity contribution in [3.63, 3.8) is 0 Å². The van der Waals surface area contributed by atoms with Crippen LogP contribution in [0.15, 0.2) is 49.0 Å². The van der Waals surface area contributed by atoms with Crippen molar-refractivity contribution in [2.24, 2.45) is 0 Å². The molecule has 0 unspecified atom stereocenters. The molecule has 0 aliphatic heterocycles. The first-order valence-electron chi connectivity index (χ1n) is 6.32. The maximum absolute atomic E-state index is 9.35. The van der Waals surface area contributed by atoms with E-state index in [-0.39, 0.29) is 0 Å². The van der Waals surface area contributed by atoms with Crippen LogP contribution in [0.1, 0.15) is 16.7 Å². The first-order chi connectivity index (χ1) is 10.2. The van der Waals surface area contributed by atoms with E-state index in [1.54, 1.807) is 42.5 Å². The summed E-state index contributed by atoms with van der Waals surface area (Å²) in [7, 11) is 0. The summed E-state index contributed by atoms with van der Waals surface area (Å²) < 4.78 is 0. The predicted octanol–water partition coefficient (Wildman–Crippen LogP) is 3.78. The van der Waals surface area contributed by atoms with Crippen LogP contribution in [0.2, 0.25) is 0 Å². The third-order valence-electron chi connectivity index (χ3n) is 3.07. The molecule has 21 heavy (non-hydrogen) atoms. The quantitative estimate of drug-likeness (QED) is 0.344. The highest BCUT2D eigenvalue weighted by molar-refractivity contribution is 5.93. The predicted molar refractivity (Wildman–Crippen MR) is 86.3 cm³/mol. The molecule has 0 aliphatic rings. The van der Waals surface area contributed by atoms with Gasteiger partial charge in [0.25, 0.3) is 0 Å². The molecule has 0 amide bonds. The summed E-state index contributed by atoms with van der Waals surface area (Å²) >= 11 is 0. The zero-order valence-electron chi connectivity index (χ0n) is 11.4. The number of nitrogens with zero attached hydrogens (tertiary/aromatic N) is 1. The maximum Gasteiger partial charge on any atom is 0.0998 e. The molecule has 2 aromatic rings. The number of hydrogen-bond acceptors (Lipinski definition) is 4. The Bertz CT molecular complexity index is 725. The van der Waals surface area contributed by atoms with E-state index in [9.17, 15) is 5.26 Å². The van der Waals surface area contributed by atoms with Gasteiger partial charge in [0.1, 0.15) is 0 Å². The van der Waals surface area contributed by atoms with E-state index in [1.165, 1.54) is 0 Å². The van der Waals surface area contributed by atoms with E-state index in [4.69, 9.17) is 10.9 Å². The lowest BCUT2D eigenvalue weighted by molar-refractivity contribution is 0.389. The van der Waals surface area contributed by atoms with E-state index in [0.717, 1.165) is 11.1 Å². The fraction of sp³-hybridized carbons (Fsp3) is 0. The third kappa shape index (κ3) is 3.30. The van der Waals surface area contributed by atoms with Gasteiger partial charge in [-0.1, -0.05) is 36.9 Å². The van der Waals surface area contributed by atoms with Crippen LogP contribution in [-0.4, -0.2) is 5.21 Å². The van der Waals surface area contributed by atoms with Crippen molar-refractivity contribution in [2.45, 2.75) is 0 Å². The second kappa shape index (κ2) is 6.42. The van der Waals surface area contributed by atoms with Gasteiger partial charge in [-0.15, -0.1) is 0 Å². The molecular formula is C17H15N3O.